The molecule has 0 amide bonds. The second-order valence-electron chi connectivity index (χ2n) is 5.28. The van der Waals surface area contributed by atoms with Crippen molar-refractivity contribution in [2.45, 2.75) is 59.2 Å². The maximum absolute atomic E-state index is 6.56. The van der Waals surface area contributed by atoms with Crippen LogP contribution in [0.15, 0.2) is 0 Å². The Bertz CT molecular complexity index is 116. The summed E-state index contributed by atoms with van der Waals surface area (Å²) in [6.07, 6.45) is 2.62. The lowest BCUT2D eigenvalue weighted by molar-refractivity contribution is 0.605. The third-order valence-electron chi connectivity index (χ3n) is 2.49. The molecule has 0 aromatic rings. The Morgan fingerprint density at radius 3 is 1.46 bits per heavy atom. The highest BCUT2D eigenvalue weighted by molar-refractivity contribution is 7.19. The van der Waals surface area contributed by atoms with Crippen LogP contribution in [0.5, 0.6) is 0 Å². The minimum absolute atomic E-state index is 0.810. The summed E-state index contributed by atoms with van der Waals surface area (Å²) in [6, 6.07) is 2.58. The first-order chi connectivity index (χ1) is 5.83. The lowest BCUT2D eigenvalue weighted by Gasteiger charge is -2.21. The minimum atomic E-state index is -1.36. The van der Waals surface area contributed by atoms with E-state index in [1.165, 1.54) is 24.9 Å². The molecule has 0 rings (SSSR count). The first-order valence-corrected chi connectivity index (χ1v) is 9.45. The molecule has 0 saturated heterocycles. The topological polar surface area (TPSA) is 0 Å². The predicted molar refractivity (Wildman–Crippen MR) is 66.0 cm³/mol. The van der Waals surface area contributed by atoms with Gasteiger partial charge in [-0.1, -0.05) is 47.1 Å². The molecule has 2 heteroatoms. The molecule has 0 aliphatic carbocycles. The van der Waals surface area contributed by atoms with Crippen LogP contribution in [-0.2, 0) is 0 Å². The van der Waals surface area contributed by atoms with Crippen LogP contribution >= 0.6 is 11.1 Å². The van der Waals surface area contributed by atoms with Gasteiger partial charge in [0.1, 0.15) is 0 Å². The molecule has 0 heterocycles. The van der Waals surface area contributed by atoms with Crippen molar-refractivity contribution in [3.05, 3.63) is 0 Å². The maximum atomic E-state index is 6.56. The summed E-state index contributed by atoms with van der Waals surface area (Å²) in [5, 5.41) is 0. The fraction of sp³-hybridized carbons (Fsp3) is 1.00. The Balaban J connectivity index is 3.66. The first kappa shape index (κ1) is 13.5. The van der Waals surface area contributed by atoms with Crippen molar-refractivity contribution in [2.24, 2.45) is 11.8 Å². The van der Waals surface area contributed by atoms with E-state index in [1.54, 1.807) is 0 Å². The van der Waals surface area contributed by atoms with E-state index >= 15 is 0 Å². The van der Waals surface area contributed by atoms with Gasteiger partial charge in [0.05, 0.1) is 0 Å². The Morgan fingerprint density at radius 2 is 1.23 bits per heavy atom. The van der Waals surface area contributed by atoms with E-state index in [1.807, 2.05) is 0 Å². The molecule has 0 fully saturated rings. The highest BCUT2D eigenvalue weighted by Crippen LogP contribution is 2.27. The average Bonchev–Trinajstić information content (AvgIpc) is 1.98. The van der Waals surface area contributed by atoms with Gasteiger partial charge in [-0.2, -0.15) is 11.1 Å². The first-order valence-electron chi connectivity index (χ1n) is 5.52. The molecule has 0 bridgehead atoms. The molecular weight excluding hydrogens is 196 g/mol. The third-order valence-corrected chi connectivity index (χ3v) is 6.28. The molecule has 13 heavy (non-hydrogen) atoms. The molecule has 80 valence electrons. The van der Waals surface area contributed by atoms with Gasteiger partial charge in [-0.25, -0.2) is 0 Å². The van der Waals surface area contributed by atoms with Crippen LogP contribution in [0, 0.1) is 11.8 Å². The van der Waals surface area contributed by atoms with E-state index in [-0.39, 0.29) is 0 Å². The minimum Gasteiger partial charge on any atom is -0.167 e. The van der Waals surface area contributed by atoms with Gasteiger partial charge in [0.15, 0.2) is 7.38 Å². The van der Waals surface area contributed by atoms with Gasteiger partial charge in [0.25, 0.3) is 0 Å². The molecule has 0 radical (unpaired) electrons. The molecule has 0 aromatic heterocycles. The van der Waals surface area contributed by atoms with Gasteiger partial charge in [-0.15, -0.1) is 0 Å². The lowest BCUT2D eigenvalue weighted by Crippen LogP contribution is -2.22. The average molecular weight is 221 g/mol. The second-order valence-corrected chi connectivity index (χ2v) is 11.8. The van der Waals surface area contributed by atoms with Crippen molar-refractivity contribution < 1.29 is 0 Å². The molecular formula is C11H25ClSi. The number of rotatable bonds is 6. The molecule has 0 N–H and O–H groups in total. The van der Waals surface area contributed by atoms with Gasteiger partial charge in [-0.05, 0) is 23.9 Å². The standard InChI is InChI=1S/C11H25ClSi/c1-10(2)6-8-13(5,12)9-7-11(3)4/h10-11H,6-9H2,1-5H3. The van der Waals surface area contributed by atoms with E-state index in [0.717, 1.165) is 11.8 Å². The van der Waals surface area contributed by atoms with Crippen molar-refractivity contribution >= 4 is 18.5 Å². The smallest absolute Gasteiger partial charge is 0.153 e. The van der Waals surface area contributed by atoms with Gasteiger partial charge in [0, 0.05) is 0 Å². The molecule has 0 aliphatic heterocycles. The maximum Gasteiger partial charge on any atom is 0.153 e. The van der Waals surface area contributed by atoms with Crippen LogP contribution in [-0.4, -0.2) is 7.38 Å². The molecule has 0 nitrogen and oxygen atoms in total. The number of hydrogen-bond donors (Lipinski definition) is 0. The summed E-state index contributed by atoms with van der Waals surface area (Å²) >= 11 is 6.56. The van der Waals surface area contributed by atoms with E-state index in [2.05, 4.69) is 34.2 Å². The van der Waals surface area contributed by atoms with Crippen molar-refractivity contribution in [3.63, 3.8) is 0 Å². The largest absolute Gasteiger partial charge is 0.167 e. The summed E-state index contributed by atoms with van der Waals surface area (Å²) in [4.78, 5) is 0. The monoisotopic (exact) mass is 220 g/mol. The zero-order chi connectivity index (χ0) is 10.5. The fourth-order valence-corrected chi connectivity index (χ4v) is 4.57. The molecule has 0 atom stereocenters. The van der Waals surface area contributed by atoms with Crippen LogP contribution in [0.1, 0.15) is 40.5 Å². The van der Waals surface area contributed by atoms with E-state index in [9.17, 15) is 0 Å². The van der Waals surface area contributed by atoms with E-state index < -0.39 is 7.38 Å². The van der Waals surface area contributed by atoms with Crippen LogP contribution in [0.2, 0.25) is 18.6 Å². The number of halogens is 1. The third kappa shape index (κ3) is 8.83. The summed E-state index contributed by atoms with van der Waals surface area (Å²) in [7, 11) is -1.36. The predicted octanol–water partition coefficient (Wildman–Crippen LogP) is 4.89. The molecule has 0 aliphatic rings. The van der Waals surface area contributed by atoms with Crippen molar-refractivity contribution in [2.75, 3.05) is 0 Å². The Labute approximate surface area is 89.8 Å². The van der Waals surface area contributed by atoms with Crippen molar-refractivity contribution in [3.8, 4) is 0 Å². The normalized spacial score (nSPS) is 12.9. The van der Waals surface area contributed by atoms with Crippen LogP contribution in [0.4, 0.5) is 0 Å². The summed E-state index contributed by atoms with van der Waals surface area (Å²) < 4.78 is 0. The van der Waals surface area contributed by atoms with Crippen molar-refractivity contribution in [1.82, 2.24) is 0 Å². The van der Waals surface area contributed by atoms with E-state index in [4.69, 9.17) is 11.1 Å². The van der Waals surface area contributed by atoms with Gasteiger partial charge in [-0.3, -0.25) is 0 Å². The summed E-state index contributed by atoms with van der Waals surface area (Å²) in [5.74, 6) is 1.62. The zero-order valence-electron chi connectivity index (χ0n) is 9.86. The van der Waals surface area contributed by atoms with Gasteiger partial charge in [0.2, 0.25) is 0 Å². The highest BCUT2D eigenvalue weighted by Gasteiger charge is 2.24. The summed E-state index contributed by atoms with van der Waals surface area (Å²) in [6.45, 7) is 11.4. The van der Waals surface area contributed by atoms with Gasteiger partial charge >= 0.3 is 0 Å². The summed E-state index contributed by atoms with van der Waals surface area (Å²) in [5.41, 5.74) is 0. The number of hydrogen-bond acceptors (Lipinski definition) is 0. The fourth-order valence-electron chi connectivity index (χ4n) is 1.30. The zero-order valence-corrected chi connectivity index (χ0v) is 11.6. The molecule has 0 saturated carbocycles. The van der Waals surface area contributed by atoms with Crippen LogP contribution in [0.3, 0.4) is 0 Å². The van der Waals surface area contributed by atoms with Crippen LogP contribution < -0.4 is 0 Å². The Hall–Kier alpha value is 0.507. The second kappa shape index (κ2) is 6.08. The Morgan fingerprint density at radius 1 is 0.923 bits per heavy atom. The molecule has 0 aromatic carbocycles. The highest BCUT2D eigenvalue weighted by atomic mass is 35.6. The SMILES string of the molecule is CC(C)CC[Si](C)(Cl)CCC(C)C. The molecule has 0 spiro atoms. The quantitative estimate of drug-likeness (QED) is 0.442. The van der Waals surface area contributed by atoms with E-state index in [0.29, 0.717) is 0 Å². The van der Waals surface area contributed by atoms with Gasteiger partial charge < -0.3 is 0 Å². The lowest BCUT2D eigenvalue weighted by atomic mass is 10.2. The van der Waals surface area contributed by atoms with Crippen molar-refractivity contribution in [1.29, 1.82) is 0 Å². The van der Waals surface area contributed by atoms with Crippen LogP contribution in [0.25, 0.3) is 0 Å². The Kier molecular flexibility index (Phi) is 6.31. The molecule has 0 unspecified atom stereocenters.